The van der Waals surface area contributed by atoms with Crippen molar-refractivity contribution in [3.05, 3.63) is 128 Å². The molecule has 0 aliphatic rings. The van der Waals surface area contributed by atoms with E-state index in [0.29, 0.717) is 52.7 Å². The normalized spacial score (nSPS) is 12.1. The minimum absolute atomic E-state index is 0.0407. The lowest BCUT2D eigenvalue weighted by Crippen LogP contribution is -2.16. The molecule has 0 heterocycles. The number of benzene rings is 5. The van der Waals surface area contributed by atoms with Crippen LogP contribution in [0.4, 0.5) is 0 Å². The average Bonchev–Trinajstić information content (AvgIpc) is 3.13. The molecule has 266 valence electrons. The van der Waals surface area contributed by atoms with Crippen LogP contribution in [0.1, 0.15) is 49.9 Å². The first-order valence-electron chi connectivity index (χ1n) is 16.8. The van der Waals surface area contributed by atoms with E-state index in [4.69, 9.17) is 18.9 Å². The Bertz CT molecular complexity index is 2090. The first kappa shape index (κ1) is 38.2. The van der Waals surface area contributed by atoms with E-state index in [0.717, 1.165) is 0 Å². The van der Waals surface area contributed by atoms with E-state index in [1.165, 1.54) is 0 Å². The summed E-state index contributed by atoms with van der Waals surface area (Å²) in [5, 5.41) is 2.66. The summed E-state index contributed by atoms with van der Waals surface area (Å²) in [7, 11) is 0. The van der Waals surface area contributed by atoms with Crippen molar-refractivity contribution < 1.29 is 38.1 Å². The highest BCUT2D eigenvalue weighted by atomic mass is 79.9. The summed E-state index contributed by atoms with van der Waals surface area (Å²) in [6, 6.07) is 28.8. The van der Waals surface area contributed by atoms with Gasteiger partial charge in [0, 0.05) is 20.1 Å². The Morgan fingerprint density at radius 2 is 0.712 bits per heavy atom. The second-order valence-electron chi connectivity index (χ2n) is 11.2. The summed E-state index contributed by atoms with van der Waals surface area (Å²) in [4.78, 5) is 55.2. The zero-order valence-corrected chi connectivity index (χ0v) is 32.3. The van der Waals surface area contributed by atoms with Gasteiger partial charge in [0.2, 0.25) is 0 Å². The summed E-state index contributed by atoms with van der Waals surface area (Å²) in [6.07, 6.45) is 0. The maximum absolute atomic E-state index is 13.9. The van der Waals surface area contributed by atoms with Gasteiger partial charge >= 0.3 is 23.9 Å². The number of esters is 4. The Morgan fingerprint density at radius 3 is 1.02 bits per heavy atom. The highest BCUT2D eigenvalue weighted by Crippen LogP contribution is 2.40. The largest absolute Gasteiger partial charge is 0.462 e. The zero-order chi connectivity index (χ0) is 37.4. The minimum atomic E-state index is -0.692. The SMILES string of the molecule is CCOC(=O)/C(=C(\C(=O)OCC)c1cccc2cc3c(/C(C(=O)OCC)=C(/C(=O)OCC)c4ccccc4Br)cccc3cc12)c1ccccc1Br. The monoisotopic (exact) mass is 826 g/mol. The smallest absolute Gasteiger partial charge is 0.339 e. The quantitative estimate of drug-likeness (QED) is 0.0403. The van der Waals surface area contributed by atoms with Gasteiger partial charge in [0.25, 0.3) is 0 Å². The first-order valence-corrected chi connectivity index (χ1v) is 18.4. The molecule has 0 radical (unpaired) electrons. The fourth-order valence-electron chi connectivity index (χ4n) is 6.01. The molecule has 0 aromatic heterocycles. The van der Waals surface area contributed by atoms with Gasteiger partial charge in [-0.2, -0.15) is 0 Å². The van der Waals surface area contributed by atoms with Gasteiger partial charge in [0.15, 0.2) is 0 Å². The van der Waals surface area contributed by atoms with Gasteiger partial charge in [-0.25, -0.2) is 19.2 Å². The molecule has 0 saturated heterocycles. The lowest BCUT2D eigenvalue weighted by Gasteiger charge is -2.19. The van der Waals surface area contributed by atoms with Crippen LogP contribution in [0.3, 0.4) is 0 Å². The van der Waals surface area contributed by atoms with Gasteiger partial charge in [-0.05, 0) is 84.6 Å². The predicted octanol–water partition coefficient (Wildman–Crippen LogP) is 9.59. The molecule has 52 heavy (non-hydrogen) atoms. The fourth-order valence-corrected chi connectivity index (χ4v) is 6.98. The summed E-state index contributed by atoms with van der Waals surface area (Å²) in [5.41, 5.74) is 2.01. The number of ether oxygens (including phenoxy) is 4. The summed E-state index contributed by atoms with van der Waals surface area (Å²) in [6.45, 7) is 7.13. The summed E-state index contributed by atoms with van der Waals surface area (Å²) >= 11 is 7.11. The average molecular weight is 829 g/mol. The second-order valence-corrected chi connectivity index (χ2v) is 13.0. The molecule has 0 unspecified atom stereocenters. The van der Waals surface area contributed by atoms with E-state index < -0.39 is 23.9 Å². The number of carbonyl (C=O) groups is 4. The molecule has 0 bridgehead atoms. The molecular weight excluding hydrogens is 792 g/mol. The van der Waals surface area contributed by atoms with E-state index in [9.17, 15) is 19.2 Å². The van der Waals surface area contributed by atoms with Crippen molar-refractivity contribution in [3.63, 3.8) is 0 Å². The van der Waals surface area contributed by atoms with Crippen molar-refractivity contribution in [2.45, 2.75) is 27.7 Å². The Kier molecular flexibility index (Phi) is 12.8. The van der Waals surface area contributed by atoms with Crippen LogP contribution in [0.5, 0.6) is 0 Å². The molecule has 10 heteroatoms. The van der Waals surface area contributed by atoms with Crippen LogP contribution in [0, 0.1) is 0 Å². The van der Waals surface area contributed by atoms with E-state index in [1.54, 1.807) is 88.4 Å². The molecule has 0 aliphatic heterocycles. The van der Waals surface area contributed by atoms with Crippen LogP contribution in [-0.2, 0) is 38.1 Å². The molecule has 0 amide bonds. The third-order valence-corrected chi connectivity index (χ3v) is 9.51. The van der Waals surface area contributed by atoms with Gasteiger partial charge in [0.1, 0.15) is 0 Å². The lowest BCUT2D eigenvalue weighted by molar-refractivity contribution is -0.138. The Labute approximate surface area is 318 Å². The molecule has 5 rings (SSSR count). The van der Waals surface area contributed by atoms with Crippen LogP contribution >= 0.6 is 31.9 Å². The Morgan fingerprint density at radius 1 is 0.423 bits per heavy atom. The maximum Gasteiger partial charge on any atom is 0.339 e. The van der Waals surface area contributed by atoms with E-state index in [2.05, 4.69) is 31.9 Å². The summed E-state index contributed by atoms with van der Waals surface area (Å²) in [5.74, 6) is -2.74. The zero-order valence-electron chi connectivity index (χ0n) is 29.1. The molecule has 0 spiro atoms. The molecule has 0 fully saturated rings. The van der Waals surface area contributed by atoms with Crippen molar-refractivity contribution >= 4 is 99.6 Å². The topological polar surface area (TPSA) is 105 Å². The Balaban J connectivity index is 1.90. The third kappa shape index (κ3) is 7.88. The fraction of sp³-hybridized carbons (Fsp3) is 0.190. The molecule has 0 N–H and O–H groups in total. The van der Waals surface area contributed by atoms with Gasteiger partial charge in [-0.15, -0.1) is 0 Å². The van der Waals surface area contributed by atoms with Crippen LogP contribution in [0.15, 0.2) is 106 Å². The van der Waals surface area contributed by atoms with Gasteiger partial charge in [0.05, 0.1) is 48.7 Å². The second kappa shape index (κ2) is 17.4. The number of rotatable bonds is 12. The molecular formula is C42H36Br2O8. The Hall–Kier alpha value is -5.06. The number of halogens is 2. The maximum atomic E-state index is 13.9. The van der Waals surface area contributed by atoms with Crippen LogP contribution in [-0.4, -0.2) is 50.3 Å². The van der Waals surface area contributed by atoms with E-state index >= 15 is 0 Å². The van der Waals surface area contributed by atoms with Gasteiger partial charge in [-0.3, -0.25) is 0 Å². The first-order chi connectivity index (χ1) is 25.2. The van der Waals surface area contributed by atoms with Crippen molar-refractivity contribution in [1.82, 2.24) is 0 Å². The lowest BCUT2D eigenvalue weighted by atomic mass is 9.87. The summed E-state index contributed by atoms with van der Waals surface area (Å²) < 4.78 is 23.3. The van der Waals surface area contributed by atoms with Crippen molar-refractivity contribution in [2.75, 3.05) is 26.4 Å². The third-order valence-electron chi connectivity index (χ3n) is 8.12. The standard InChI is InChI=1S/C42H36Br2O8/c1-5-49-39(45)35(37(41(47)51-7-3)29-17-9-11-21-33(29)43)27-19-13-15-25-24-32-26(23-31(25)27)16-14-20-28(32)36(40(46)50-6-2)38(42(48)52-8-4)30-18-10-12-22-34(30)44/h9-24H,5-8H2,1-4H3/b37-35-,38-36-. The number of hydrogen-bond acceptors (Lipinski definition) is 8. The highest BCUT2D eigenvalue weighted by Gasteiger charge is 2.31. The molecule has 8 nitrogen and oxygen atoms in total. The molecule has 5 aromatic carbocycles. The predicted molar refractivity (Wildman–Crippen MR) is 210 cm³/mol. The van der Waals surface area contributed by atoms with Crippen LogP contribution in [0.25, 0.3) is 43.8 Å². The number of carbonyl (C=O) groups excluding carboxylic acids is 4. The van der Waals surface area contributed by atoms with Gasteiger partial charge in [-0.1, -0.05) is 105 Å². The minimum Gasteiger partial charge on any atom is -0.462 e. The van der Waals surface area contributed by atoms with Crippen LogP contribution < -0.4 is 0 Å². The van der Waals surface area contributed by atoms with Crippen molar-refractivity contribution in [3.8, 4) is 0 Å². The van der Waals surface area contributed by atoms with Crippen LogP contribution in [0.2, 0.25) is 0 Å². The molecule has 0 atom stereocenters. The van der Waals surface area contributed by atoms with Crippen molar-refractivity contribution in [1.29, 1.82) is 0 Å². The highest BCUT2D eigenvalue weighted by molar-refractivity contribution is 9.10. The number of fused-ring (bicyclic) bond motifs is 2. The number of hydrogen-bond donors (Lipinski definition) is 0. The molecule has 0 saturated carbocycles. The molecule has 0 aliphatic carbocycles. The van der Waals surface area contributed by atoms with E-state index in [1.807, 2.05) is 36.4 Å². The van der Waals surface area contributed by atoms with Crippen molar-refractivity contribution in [2.24, 2.45) is 0 Å². The molecule has 5 aromatic rings. The van der Waals surface area contributed by atoms with Gasteiger partial charge < -0.3 is 18.9 Å². The van der Waals surface area contributed by atoms with E-state index in [-0.39, 0.29) is 48.7 Å².